The minimum absolute atomic E-state index is 0.114. The number of hydrogen-bond acceptors (Lipinski definition) is 3. The van der Waals surface area contributed by atoms with E-state index in [-0.39, 0.29) is 17.4 Å². The van der Waals surface area contributed by atoms with Crippen LogP contribution in [0, 0.1) is 5.41 Å². The molecule has 0 aliphatic heterocycles. The van der Waals surface area contributed by atoms with Crippen LogP contribution >= 0.6 is 0 Å². The highest BCUT2D eigenvalue weighted by Crippen LogP contribution is 2.39. The first kappa shape index (κ1) is 14.1. The van der Waals surface area contributed by atoms with Gasteiger partial charge in [-0.25, -0.2) is 0 Å². The molecule has 1 atom stereocenters. The summed E-state index contributed by atoms with van der Waals surface area (Å²) >= 11 is 0. The number of nitrogens with two attached hydrogens (primary N) is 1. The summed E-state index contributed by atoms with van der Waals surface area (Å²) in [6, 6.07) is 2.21. The van der Waals surface area contributed by atoms with Crippen LogP contribution in [0.25, 0.3) is 0 Å². The zero-order chi connectivity index (χ0) is 14.0. The molecular formula is C15H24N2O2. The van der Waals surface area contributed by atoms with Crippen molar-refractivity contribution in [3.63, 3.8) is 0 Å². The highest BCUT2D eigenvalue weighted by atomic mass is 16.5. The highest BCUT2D eigenvalue weighted by molar-refractivity contribution is 5.69. The van der Waals surface area contributed by atoms with E-state index < -0.39 is 0 Å². The average Bonchev–Trinajstić information content (AvgIpc) is 2.68. The molecule has 0 radical (unpaired) electrons. The molecule has 0 fully saturated rings. The molecule has 0 saturated heterocycles. The standard InChI is InChI=1S/C15H24N2O2/c1-4-19-14(18)6-8-17-7-5-11-12(16)9-15(2,3)10-13(11)17/h5,7,12H,4,6,8-10,16H2,1-3H3. The number of carbonyl (C=O) groups is 1. The maximum absolute atomic E-state index is 11.4. The topological polar surface area (TPSA) is 57.2 Å². The van der Waals surface area contributed by atoms with Crippen LogP contribution in [0.1, 0.15) is 50.9 Å². The number of nitrogens with zero attached hydrogens (tertiary/aromatic N) is 1. The Labute approximate surface area is 114 Å². The van der Waals surface area contributed by atoms with Gasteiger partial charge in [0.05, 0.1) is 13.0 Å². The summed E-state index contributed by atoms with van der Waals surface area (Å²) in [7, 11) is 0. The normalized spacial score (nSPS) is 20.9. The fourth-order valence-electron chi connectivity index (χ4n) is 2.95. The van der Waals surface area contributed by atoms with Gasteiger partial charge < -0.3 is 15.0 Å². The van der Waals surface area contributed by atoms with Crippen molar-refractivity contribution in [2.75, 3.05) is 6.61 Å². The maximum Gasteiger partial charge on any atom is 0.307 e. The number of ether oxygens (including phenoxy) is 1. The molecule has 1 aromatic rings. The van der Waals surface area contributed by atoms with Crippen LogP contribution in [0.3, 0.4) is 0 Å². The molecular weight excluding hydrogens is 240 g/mol. The minimum Gasteiger partial charge on any atom is -0.466 e. The summed E-state index contributed by atoms with van der Waals surface area (Å²) in [6.07, 6.45) is 4.50. The van der Waals surface area contributed by atoms with Gasteiger partial charge in [0.2, 0.25) is 0 Å². The van der Waals surface area contributed by atoms with Crippen molar-refractivity contribution in [2.24, 2.45) is 11.1 Å². The Bertz CT molecular complexity index is 463. The van der Waals surface area contributed by atoms with Crippen LogP contribution in [-0.4, -0.2) is 17.1 Å². The third-order valence-electron chi connectivity index (χ3n) is 3.79. The van der Waals surface area contributed by atoms with Gasteiger partial charge in [0.1, 0.15) is 0 Å². The summed E-state index contributed by atoms with van der Waals surface area (Å²) in [4.78, 5) is 11.4. The number of esters is 1. The lowest BCUT2D eigenvalue weighted by Gasteiger charge is -2.34. The molecule has 1 unspecified atom stereocenters. The van der Waals surface area contributed by atoms with Crippen molar-refractivity contribution in [3.05, 3.63) is 23.5 Å². The monoisotopic (exact) mass is 264 g/mol. The first-order valence-electron chi connectivity index (χ1n) is 7.02. The predicted octanol–water partition coefficient (Wildman–Crippen LogP) is 2.41. The van der Waals surface area contributed by atoms with Gasteiger partial charge in [0.25, 0.3) is 0 Å². The van der Waals surface area contributed by atoms with Crippen LogP contribution in [0.15, 0.2) is 12.3 Å². The molecule has 0 saturated carbocycles. The van der Waals surface area contributed by atoms with Gasteiger partial charge in [-0.15, -0.1) is 0 Å². The first-order chi connectivity index (χ1) is 8.93. The summed E-state index contributed by atoms with van der Waals surface area (Å²) in [5.74, 6) is -0.135. The quantitative estimate of drug-likeness (QED) is 0.850. The van der Waals surface area contributed by atoms with Gasteiger partial charge in [0, 0.05) is 24.5 Å². The average molecular weight is 264 g/mol. The third kappa shape index (κ3) is 3.18. The van der Waals surface area contributed by atoms with Crippen LogP contribution in [0.4, 0.5) is 0 Å². The Morgan fingerprint density at radius 3 is 3.00 bits per heavy atom. The lowest BCUT2D eigenvalue weighted by molar-refractivity contribution is -0.143. The van der Waals surface area contributed by atoms with Crippen molar-refractivity contribution in [1.29, 1.82) is 0 Å². The van der Waals surface area contributed by atoms with Gasteiger partial charge in [0.15, 0.2) is 0 Å². The van der Waals surface area contributed by atoms with E-state index in [0.29, 0.717) is 19.6 Å². The number of carbonyl (C=O) groups excluding carboxylic acids is 1. The molecule has 1 aliphatic carbocycles. The zero-order valence-corrected chi connectivity index (χ0v) is 12.1. The van der Waals surface area contributed by atoms with E-state index in [0.717, 1.165) is 12.8 Å². The Morgan fingerprint density at radius 1 is 1.58 bits per heavy atom. The number of hydrogen-bond donors (Lipinski definition) is 1. The lowest BCUT2D eigenvalue weighted by atomic mass is 9.74. The molecule has 2 rings (SSSR count). The smallest absolute Gasteiger partial charge is 0.307 e. The van der Waals surface area contributed by atoms with Gasteiger partial charge in [-0.3, -0.25) is 4.79 Å². The Morgan fingerprint density at radius 2 is 2.32 bits per heavy atom. The van der Waals surface area contributed by atoms with E-state index in [1.807, 2.05) is 13.1 Å². The fraction of sp³-hybridized carbons (Fsp3) is 0.667. The molecule has 1 aromatic heterocycles. The molecule has 2 N–H and O–H groups in total. The molecule has 0 bridgehead atoms. The highest BCUT2D eigenvalue weighted by Gasteiger charge is 2.32. The molecule has 19 heavy (non-hydrogen) atoms. The van der Waals surface area contributed by atoms with Gasteiger partial charge in [-0.1, -0.05) is 13.8 Å². The van der Waals surface area contributed by atoms with Crippen molar-refractivity contribution in [1.82, 2.24) is 4.57 Å². The summed E-state index contributed by atoms with van der Waals surface area (Å²) in [5, 5.41) is 0. The van der Waals surface area contributed by atoms with Crippen LogP contribution in [0.5, 0.6) is 0 Å². The molecule has 4 heteroatoms. The molecule has 0 amide bonds. The van der Waals surface area contributed by atoms with Crippen LogP contribution < -0.4 is 5.73 Å². The molecule has 1 aliphatic rings. The lowest BCUT2D eigenvalue weighted by Crippen LogP contribution is -2.30. The van der Waals surface area contributed by atoms with Gasteiger partial charge in [-0.2, -0.15) is 0 Å². The van der Waals surface area contributed by atoms with E-state index in [1.54, 1.807) is 0 Å². The summed E-state index contributed by atoms with van der Waals surface area (Å²) < 4.78 is 7.13. The van der Waals surface area contributed by atoms with Crippen molar-refractivity contribution in [3.8, 4) is 0 Å². The van der Waals surface area contributed by atoms with Crippen molar-refractivity contribution in [2.45, 2.75) is 52.6 Å². The Kier molecular flexibility index (Phi) is 3.99. The Hall–Kier alpha value is -1.29. The SMILES string of the molecule is CCOC(=O)CCn1ccc2c1CC(C)(C)CC2N. The van der Waals surface area contributed by atoms with E-state index in [4.69, 9.17) is 10.5 Å². The van der Waals surface area contributed by atoms with Gasteiger partial charge in [-0.05, 0) is 36.8 Å². The number of fused-ring (bicyclic) bond motifs is 1. The van der Waals surface area contributed by atoms with E-state index in [1.165, 1.54) is 11.3 Å². The zero-order valence-electron chi connectivity index (χ0n) is 12.1. The molecule has 0 spiro atoms. The summed E-state index contributed by atoms with van der Waals surface area (Å²) in [5.41, 5.74) is 8.99. The van der Waals surface area contributed by atoms with E-state index in [9.17, 15) is 4.79 Å². The second-order valence-electron chi connectivity index (χ2n) is 6.12. The summed E-state index contributed by atoms with van der Waals surface area (Å²) in [6.45, 7) is 7.45. The molecule has 4 nitrogen and oxygen atoms in total. The van der Waals surface area contributed by atoms with Crippen molar-refractivity contribution >= 4 is 5.97 Å². The number of aryl methyl sites for hydroxylation is 1. The Balaban J connectivity index is 2.10. The number of aromatic nitrogens is 1. The third-order valence-corrected chi connectivity index (χ3v) is 3.79. The van der Waals surface area contributed by atoms with E-state index in [2.05, 4.69) is 24.5 Å². The van der Waals surface area contributed by atoms with Crippen LogP contribution in [0.2, 0.25) is 0 Å². The van der Waals surface area contributed by atoms with Crippen molar-refractivity contribution < 1.29 is 9.53 Å². The largest absolute Gasteiger partial charge is 0.466 e. The molecule has 0 aromatic carbocycles. The fourth-order valence-corrected chi connectivity index (χ4v) is 2.95. The molecule has 1 heterocycles. The second kappa shape index (κ2) is 5.37. The maximum atomic E-state index is 11.4. The minimum atomic E-state index is -0.135. The second-order valence-corrected chi connectivity index (χ2v) is 6.12. The predicted molar refractivity (Wildman–Crippen MR) is 74.7 cm³/mol. The number of rotatable bonds is 4. The van der Waals surface area contributed by atoms with Crippen LogP contribution in [-0.2, 0) is 22.5 Å². The first-order valence-corrected chi connectivity index (χ1v) is 7.02. The van der Waals surface area contributed by atoms with E-state index >= 15 is 0 Å². The molecule has 106 valence electrons. The van der Waals surface area contributed by atoms with Gasteiger partial charge >= 0.3 is 5.97 Å².